The zero-order chi connectivity index (χ0) is 13.4. The lowest BCUT2D eigenvalue weighted by Crippen LogP contribution is -1.95. The highest BCUT2D eigenvalue weighted by atomic mass is 35.5. The number of nitrogen functional groups attached to an aromatic ring is 1. The van der Waals surface area contributed by atoms with Gasteiger partial charge in [0, 0.05) is 16.0 Å². The van der Waals surface area contributed by atoms with Gasteiger partial charge in [-0.2, -0.15) is 0 Å². The van der Waals surface area contributed by atoms with Crippen LogP contribution in [0.4, 0.5) is 5.82 Å². The first-order valence-electron chi connectivity index (χ1n) is 5.65. The van der Waals surface area contributed by atoms with Gasteiger partial charge >= 0.3 is 0 Å². The van der Waals surface area contributed by atoms with Crippen molar-refractivity contribution in [3.63, 3.8) is 0 Å². The van der Waals surface area contributed by atoms with Gasteiger partial charge < -0.3 is 10.8 Å². The molecular formula is C14H10ClN3O. The van der Waals surface area contributed by atoms with E-state index in [1.54, 1.807) is 18.2 Å². The van der Waals surface area contributed by atoms with Crippen molar-refractivity contribution >= 4 is 28.3 Å². The van der Waals surface area contributed by atoms with Crippen LogP contribution in [0.5, 0.6) is 5.75 Å². The van der Waals surface area contributed by atoms with Crippen LogP contribution in [0.25, 0.3) is 22.0 Å². The Kier molecular flexibility index (Phi) is 2.72. The minimum atomic E-state index is 0.110. The Hall–Kier alpha value is -2.33. The van der Waals surface area contributed by atoms with Gasteiger partial charge in [-0.25, -0.2) is 9.97 Å². The van der Waals surface area contributed by atoms with Gasteiger partial charge in [-0.3, -0.25) is 0 Å². The molecule has 0 aliphatic heterocycles. The van der Waals surface area contributed by atoms with E-state index in [0.29, 0.717) is 32.9 Å². The van der Waals surface area contributed by atoms with Crippen LogP contribution in [0.1, 0.15) is 0 Å². The van der Waals surface area contributed by atoms with E-state index in [2.05, 4.69) is 9.97 Å². The molecule has 2 aromatic carbocycles. The van der Waals surface area contributed by atoms with E-state index in [9.17, 15) is 5.11 Å². The predicted molar refractivity (Wildman–Crippen MR) is 76.1 cm³/mol. The molecule has 94 valence electrons. The number of rotatable bonds is 1. The fraction of sp³-hybridized carbons (Fsp3) is 0. The molecule has 4 nitrogen and oxygen atoms in total. The number of halogens is 1. The lowest BCUT2D eigenvalue weighted by molar-refractivity contribution is 0.478. The van der Waals surface area contributed by atoms with E-state index in [1.807, 2.05) is 18.2 Å². The second kappa shape index (κ2) is 4.40. The smallest absolute Gasteiger partial charge is 0.134 e. The third kappa shape index (κ3) is 1.86. The molecule has 0 amide bonds. The number of aromatic nitrogens is 2. The maximum absolute atomic E-state index is 10.1. The Morgan fingerprint density at radius 2 is 1.84 bits per heavy atom. The molecule has 0 aliphatic rings. The minimum Gasteiger partial charge on any atom is -0.507 e. The number of phenolic OH excluding ortho intramolecular Hbond substituents is 1. The van der Waals surface area contributed by atoms with Crippen molar-refractivity contribution in [2.75, 3.05) is 5.73 Å². The Morgan fingerprint density at radius 1 is 1.05 bits per heavy atom. The number of fused-ring (bicyclic) bond motifs is 1. The van der Waals surface area contributed by atoms with Gasteiger partial charge in [0.15, 0.2) is 0 Å². The summed E-state index contributed by atoms with van der Waals surface area (Å²) in [6.07, 6.45) is 1.37. The molecule has 19 heavy (non-hydrogen) atoms. The number of nitrogens with zero attached hydrogens (tertiary/aromatic N) is 2. The fourth-order valence-corrected chi connectivity index (χ4v) is 2.30. The summed E-state index contributed by atoms with van der Waals surface area (Å²) in [5.74, 6) is 0.483. The van der Waals surface area contributed by atoms with Gasteiger partial charge in [0.25, 0.3) is 0 Å². The van der Waals surface area contributed by atoms with Crippen LogP contribution in [0.15, 0.2) is 42.7 Å². The van der Waals surface area contributed by atoms with E-state index >= 15 is 0 Å². The normalized spacial score (nSPS) is 10.8. The molecule has 1 aromatic heterocycles. The second-order valence-electron chi connectivity index (χ2n) is 4.09. The lowest BCUT2D eigenvalue weighted by Gasteiger charge is -2.10. The van der Waals surface area contributed by atoms with E-state index in [-0.39, 0.29) is 5.75 Å². The average Bonchev–Trinajstić information content (AvgIpc) is 2.40. The summed E-state index contributed by atoms with van der Waals surface area (Å²) in [4.78, 5) is 8.16. The first-order valence-corrected chi connectivity index (χ1v) is 6.03. The van der Waals surface area contributed by atoms with E-state index in [0.717, 1.165) is 0 Å². The van der Waals surface area contributed by atoms with Gasteiger partial charge in [0.05, 0.1) is 11.1 Å². The van der Waals surface area contributed by atoms with Gasteiger partial charge in [0.2, 0.25) is 0 Å². The van der Waals surface area contributed by atoms with E-state index < -0.39 is 0 Å². The van der Waals surface area contributed by atoms with Crippen molar-refractivity contribution in [2.24, 2.45) is 0 Å². The monoisotopic (exact) mass is 271 g/mol. The van der Waals surface area contributed by atoms with Crippen molar-refractivity contribution in [3.05, 3.63) is 47.7 Å². The Balaban J connectivity index is 2.44. The summed E-state index contributed by atoms with van der Waals surface area (Å²) in [6, 6.07) is 10.5. The first kappa shape index (κ1) is 11.7. The molecule has 0 unspecified atom stereocenters. The Bertz CT molecular complexity index is 774. The molecule has 0 spiro atoms. The lowest BCUT2D eigenvalue weighted by atomic mass is 10.0. The first-order chi connectivity index (χ1) is 9.18. The van der Waals surface area contributed by atoms with Crippen molar-refractivity contribution in [2.45, 2.75) is 0 Å². The molecule has 0 atom stereocenters. The number of benzene rings is 2. The zero-order valence-electron chi connectivity index (χ0n) is 9.84. The quantitative estimate of drug-likeness (QED) is 0.713. The van der Waals surface area contributed by atoms with Gasteiger partial charge in [-0.1, -0.05) is 29.8 Å². The van der Waals surface area contributed by atoms with Crippen LogP contribution in [-0.4, -0.2) is 15.1 Å². The fourth-order valence-electron chi connectivity index (χ4n) is 2.07. The van der Waals surface area contributed by atoms with Crippen molar-refractivity contribution < 1.29 is 5.11 Å². The summed E-state index contributed by atoms with van der Waals surface area (Å²) < 4.78 is 0. The molecule has 0 saturated carbocycles. The van der Waals surface area contributed by atoms with Crippen LogP contribution in [0, 0.1) is 0 Å². The highest BCUT2D eigenvalue weighted by Crippen LogP contribution is 2.39. The average molecular weight is 272 g/mol. The SMILES string of the molecule is Nc1ncnc2c(-c3ccccc3Cl)c(O)ccc12. The highest BCUT2D eigenvalue weighted by molar-refractivity contribution is 6.33. The summed E-state index contributed by atoms with van der Waals surface area (Å²) >= 11 is 6.19. The highest BCUT2D eigenvalue weighted by Gasteiger charge is 2.14. The van der Waals surface area contributed by atoms with Crippen LogP contribution < -0.4 is 5.73 Å². The van der Waals surface area contributed by atoms with Gasteiger partial charge in [-0.05, 0) is 18.2 Å². The molecule has 5 heteroatoms. The van der Waals surface area contributed by atoms with Gasteiger partial charge in [-0.15, -0.1) is 0 Å². The number of anilines is 1. The van der Waals surface area contributed by atoms with Crippen molar-refractivity contribution in [1.29, 1.82) is 0 Å². The largest absolute Gasteiger partial charge is 0.507 e. The van der Waals surface area contributed by atoms with E-state index in [1.165, 1.54) is 6.33 Å². The standard InChI is InChI=1S/C14H10ClN3O/c15-10-4-2-1-3-8(10)12-11(19)6-5-9-13(12)17-7-18-14(9)16/h1-7,19H,(H2,16,17,18). The molecular weight excluding hydrogens is 262 g/mol. The molecule has 0 saturated heterocycles. The third-order valence-corrected chi connectivity index (χ3v) is 3.29. The minimum absolute atomic E-state index is 0.110. The molecule has 0 aliphatic carbocycles. The zero-order valence-corrected chi connectivity index (χ0v) is 10.6. The summed E-state index contributed by atoms with van der Waals surface area (Å²) in [7, 11) is 0. The van der Waals surface area contributed by atoms with Crippen LogP contribution in [0.3, 0.4) is 0 Å². The van der Waals surface area contributed by atoms with Crippen molar-refractivity contribution in [1.82, 2.24) is 9.97 Å². The molecule has 1 heterocycles. The summed E-state index contributed by atoms with van der Waals surface area (Å²) in [6.45, 7) is 0. The molecule has 0 fully saturated rings. The number of hydrogen-bond donors (Lipinski definition) is 2. The molecule has 0 radical (unpaired) electrons. The number of nitrogens with two attached hydrogens (primary N) is 1. The number of phenols is 1. The number of aromatic hydroxyl groups is 1. The topological polar surface area (TPSA) is 72.0 Å². The maximum Gasteiger partial charge on any atom is 0.134 e. The molecule has 3 rings (SSSR count). The molecule has 3 aromatic rings. The third-order valence-electron chi connectivity index (χ3n) is 2.96. The van der Waals surface area contributed by atoms with Crippen LogP contribution in [0.2, 0.25) is 5.02 Å². The van der Waals surface area contributed by atoms with Crippen molar-refractivity contribution in [3.8, 4) is 16.9 Å². The maximum atomic E-state index is 10.1. The summed E-state index contributed by atoms with van der Waals surface area (Å²) in [5.41, 5.74) is 7.69. The second-order valence-corrected chi connectivity index (χ2v) is 4.50. The van der Waals surface area contributed by atoms with E-state index in [4.69, 9.17) is 17.3 Å². The van der Waals surface area contributed by atoms with Crippen LogP contribution in [-0.2, 0) is 0 Å². The van der Waals surface area contributed by atoms with Gasteiger partial charge in [0.1, 0.15) is 17.9 Å². The molecule has 0 bridgehead atoms. The Morgan fingerprint density at radius 3 is 2.63 bits per heavy atom. The number of hydrogen-bond acceptors (Lipinski definition) is 4. The predicted octanol–water partition coefficient (Wildman–Crippen LogP) is 3.24. The van der Waals surface area contributed by atoms with Crippen LogP contribution >= 0.6 is 11.6 Å². The Labute approximate surface area is 114 Å². The summed E-state index contributed by atoms with van der Waals surface area (Å²) in [5, 5.41) is 11.4. The molecule has 3 N–H and O–H groups in total.